The number of hydrogen-bond acceptors (Lipinski definition) is 2. The van der Waals surface area contributed by atoms with Crippen LogP contribution in [-0.2, 0) is 6.54 Å². The summed E-state index contributed by atoms with van der Waals surface area (Å²) in [5.41, 5.74) is 4.83. The van der Waals surface area contributed by atoms with Crippen LogP contribution in [-0.4, -0.2) is 14.3 Å². The fraction of sp³-hybridized carbons (Fsp3) is 0.182. The Bertz CT molecular complexity index is 1260. The molecule has 2 heterocycles. The van der Waals surface area contributed by atoms with Gasteiger partial charge >= 0.3 is 0 Å². The van der Waals surface area contributed by atoms with E-state index in [1.54, 1.807) is 27.4 Å². The normalized spacial score (nSPS) is 11.3. The van der Waals surface area contributed by atoms with Gasteiger partial charge in [0, 0.05) is 16.5 Å². The molecule has 0 aliphatic heterocycles. The molecule has 0 unspecified atom stereocenters. The van der Waals surface area contributed by atoms with Gasteiger partial charge in [-0.1, -0.05) is 29.8 Å². The van der Waals surface area contributed by atoms with Crippen molar-refractivity contribution in [3.63, 3.8) is 0 Å². The van der Waals surface area contributed by atoms with E-state index in [4.69, 9.17) is 16.7 Å². The van der Waals surface area contributed by atoms with Gasteiger partial charge in [-0.25, -0.2) is 9.07 Å². The first-order chi connectivity index (χ1) is 13.4. The zero-order valence-electron chi connectivity index (χ0n) is 15.8. The fourth-order valence-electron chi connectivity index (χ4n) is 3.58. The lowest BCUT2D eigenvalue weighted by Gasteiger charge is -2.14. The molecule has 0 aliphatic carbocycles. The predicted octanol–water partition coefficient (Wildman–Crippen LogP) is 4.95. The lowest BCUT2D eigenvalue weighted by molar-refractivity contribution is 0.626. The van der Waals surface area contributed by atoms with Crippen molar-refractivity contribution in [3.8, 4) is 5.69 Å². The summed E-state index contributed by atoms with van der Waals surface area (Å²) >= 11 is 6.32. The van der Waals surface area contributed by atoms with E-state index < -0.39 is 0 Å². The maximum atomic E-state index is 13.3. The summed E-state index contributed by atoms with van der Waals surface area (Å²) in [6.45, 7) is 6.09. The first-order valence-corrected chi connectivity index (χ1v) is 9.34. The highest BCUT2D eigenvalue weighted by Crippen LogP contribution is 2.28. The summed E-state index contributed by atoms with van der Waals surface area (Å²) in [6, 6.07) is 13.4. The topological polar surface area (TPSA) is 39.8 Å². The average Bonchev–Trinajstić information content (AvgIpc) is 3.00. The Morgan fingerprint density at radius 2 is 1.79 bits per heavy atom. The van der Waals surface area contributed by atoms with Crippen molar-refractivity contribution in [2.24, 2.45) is 0 Å². The second-order valence-corrected chi connectivity index (χ2v) is 7.37. The van der Waals surface area contributed by atoms with E-state index in [-0.39, 0.29) is 11.4 Å². The number of hydrogen-bond donors (Lipinski definition) is 0. The minimum atomic E-state index is -0.305. The van der Waals surface area contributed by atoms with E-state index in [2.05, 4.69) is 0 Å². The molecule has 2 aromatic heterocycles. The smallest absolute Gasteiger partial charge is 0.252 e. The standard InChI is InChI=1S/C22H19ClFN3O/c1-13-11-20(28)26(12-16-7-9-17(24)10-8-16)22-21(13)15(3)25-27(22)19-6-4-5-18(23)14(19)2/h4-11H,12H2,1-3H3. The Morgan fingerprint density at radius 1 is 1.07 bits per heavy atom. The number of halogens is 2. The summed E-state index contributed by atoms with van der Waals surface area (Å²) in [4.78, 5) is 12.9. The molecule has 0 N–H and O–H groups in total. The number of nitrogens with zero attached hydrogens (tertiary/aromatic N) is 3. The van der Waals surface area contributed by atoms with Crippen LogP contribution in [0.15, 0.2) is 53.3 Å². The molecule has 4 aromatic rings. The van der Waals surface area contributed by atoms with Gasteiger partial charge in [-0.05, 0) is 61.7 Å². The zero-order valence-corrected chi connectivity index (χ0v) is 16.6. The molecule has 0 saturated carbocycles. The third kappa shape index (κ3) is 3.02. The summed E-state index contributed by atoms with van der Waals surface area (Å²) in [6.07, 6.45) is 0. The van der Waals surface area contributed by atoms with Crippen LogP contribution in [0.25, 0.3) is 16.7 Å². The van der Waals surface area contributed by atoms with Gasteiger partial charge in [-0.2, -0.15) is 5.10 Å². The fourth-order valence-corrected chi connectivity index (χ4v) is 3.75. The molecule has 0 amide bonds. The molecule has 0 spiro atoms. The van der Waals surface area contributed by atoms with Gasteiger partial charge in [0.1, 0.15) is 11.5 Å². The highest BCUT2D eigenvalue weighted by Gasteiger charge is 2.18. The lowest BCUT2D eigenvalue weighted by Crippen LogP contribution is -2.22. The first kappa shape index (κ1) is 18.4. The van der Waals surface area contributed by atoms with Crippen LogP contribution in [0.3, 0.4) is 0 Å². The molecule has 142 valence electrons. The summed E-state index contributed by atoms with van der Waals surface area (Å²) < 4.78 is 16.7. The van der Waals surface area contributed by atoms with Crippen molar-refractivity contribution in [1.82, 2.24) is 14.3 Å². The lowest BCUT2D eigenvalue weighted by atomic mass is 10.1. The molecule has 0 saturated heterocycles. The van der Waals surface area contributed by atoms with Gasteiger partial charge in [0.15, 0.2) is 0 Å². The van der Waals surface area contributed by atoms with Crippen molar-refractivity contribution >= 4 is 22.6 Å². The van der Waals surface area contributed by atoms with Crippen LogP contribution < -0.4 is 5.56 Å². The number of fused-ring (bicyclic) bond motifs is 1. The van der Waals surface area contributed by atoms with E-state index in [1.165, 1.54) is 12.1 Å². The van der Waals surface area contributed by atoms with Crippen molar-refractivity contribution in [3.05, 3.63) is 92.1 Å². The zero-order chi connectivity index (χ0) is 20.0. The molecule has 2 aromatic carbocycles. The monoisotopic (exact) mass is 395 g/mol. The van der Waals surface area contributed by atoms with E-state index >= 15 is 0 Å². The summed E-state index contributed by atoms with van der Waals surface area (Å²) in [5, 5.41) is 6.29. The maximum absolute atomic E-state index is 13.3. The van der Waals surface area contributed by atoms with Crippen molar-refractivity contribution in [1.29, 1.82) is 0 Å². The Kier molecular flexibility index (Phi) is 4.55. The molecule has 6 heteroatoms. The third-order valence-electron chi connectivity index (χ3n) is 5.01. The van der Waals surface area contributed by atoms with Gasteiger partial charge in [0.2, 0.25) is 0 Å². The molecule has 0 aliphatic rings. The van der Waals surface area contributed by atoms with Crippen LogP contribution in [0, 0.1) is 26.6 Å². The van der Waals surface area contributed by atoms with Crippen LogP contribution in [0.1, 0.15) is 22.4 Å². The SMILES string of the molecule is Cc1c(Cl)cccc1-n1nc(C)c2c(C)cc(=O)n(Cc3ccc(F)cc3)c21. The minimum Gasteiger partial charge on any atom is -0.288 e. The summed E-state index contributed by atoms with van der Waals surface area (Å²) in [5.74, 6) is -0.305. The Hall–Kier alpha value is -2.92. The van der Waals surface area contributed by atoms with E-state index in [0.717, 1.165) is 33.5 Å². The number of aryl methyl sites for hydroxylation is 2. The number of pyridine rings is 1. The third-order valence-corrected chi connectivity index (χ3v) is 5.42. The van der Waals surface area contributed by atoms with Gasteiger partial charge in [0.05, 0.1) is 17.9 Å². The number of aromatic nitrogens is 3. The van der Waals surface area contributed by atoms with E-state index in [9.17, 15) is 9.18 Å². The van der Waals surface area contributed by atoms with Crippen LogP contribution >= 0.6 is 11.6 Å². The highest BCUT2D eigenvalue weighted by molar-refractivity contribution is 6.31. The van der Waals surface area contributed by atoms with Gasteiger partial charge in [-0.15, -0.1) is 0 Å². The molecular weight excluding hydrogens is 377 g/mol. The number of benzene rings is 2. The van der Waals surface area contributed by atoms with Gasteiger partial charge in [-0.3, -0.25) is 9.36 Å². The van der Waals surface area contributed by atoms with E-state index in [1.807, 2.05) is 39.0 Å². The second-order valence-electron chi connectivity index (χ2n) is 6.96. The van der Waals surface area contributed by atoms with Crippen LogP contribution in [0.4, 0.5) is 4.39 Å². The Morgan fingerprint density at radius 3 is 2.50 bits per heavy atom. The quantitative estimate of drug-likeness (QED) is 0.492. The molecule has 4 nitrogen and oxygen atoms in total. The molecule has 0 atom stereocenters. The van der Waals surface area contributed by atoms with Crippen molar-refractivity contribution in [2.45, 2.75) is 27.3 Å². The molecule has 0 bridgehead atoms. The Labute approximate surface area is 166 Å². The second kappa shape index (κ2) is 6.91. The van der Waals surface area contributed by atoms with Gasteiger partial charge in [0.25, 0.3) is 5.56 Å². The largest absolute Gasteiger partial charge is 0.288 e. The Balaban J connectivity index is 2.03. The predicted molar refractivity (Wildman–Crippen MR) is 110 cm³/mol. The highest BCUT2D eigenvalue weighted by atomic mass is 35.5. The summed E-state index contributed by atoms with van der Waals surface area (Å²) in [7, 11) is 0. The van der Waals surface area contributed by atoms with Crippen LogP contribution in [0.5, 0.6) is 0 Å². The molecule has 28 heavy (non-hydrogen) atoms. The van der Waals surface area contributed by atoms with Crippen LogP contribution in [0.2, 0.25) is 5.02 Å². The molecule has 0 fully saturated rings. The maximum Gasteiger partial charge on any atom is 0.252 e. The average molecular weight is 396 g/mol. The molecule has 4 rings (SSSR count). The van der Waals surface area contributed by atoms with Crippen molar-refractivity contribution < 1.29 is 4.39 Å². The van der Waals surface area contributed by atoms with Gasteiger partial charge < -0.3 is 0 Å². The number of rotatable bonds is 3. The van der Waals surface area contributed by atoms with E-state index in [0.29, 0.717) is 17.2 Å². The van der Waals surface area contributed by atoms with Crippen molar-refractivity contribution in [2.75, 3.05) is 0 Å². The molecule has 0 radical (unpaired) electrons. The molecular formula is C22H19ClFN3O. The minimum absolute atomic E-state index is 0.129. The first-order valence-electron chi connectivity index (χ1n) is 8.96.